The van der Waals surface area contributed by atoms with Crippen molar-refractivity contribution in [1.29, 1.82) is 0 Å². The van der Waals surface area contributed by atoms with Crippen LogP contribution in [-0.2, 0) is 25.9 Å². The summed E-state index contributed by atoms with van der Waals surface area (Å²) in [6.07, 6.45) is 6.39. The molecule has 0 unspecified atom stereocenters. The molecule has 146 valence electrons. The second kappa shape index (κ2) is 8.52. The third-order valence-corrected chi connectivity index (χ3v) is 6.04. The van der Waals surface area contributed by atoms with Crippen molar-refractivity contribution in [1.82, 2.24) is 30.4 Å². The van der Waals surface area contributed by atoms with E-state index in [9.17, 15) is 0 Å². The Morgan fingerprint density at radius 1 is 1.32 bits per heavy atom. The Bertz CT molecular complexity index is 922. The van der Waals surface area contributed by atoms with Gasteiger partial charge in [0.1, 0.15) is 11.3 Å². The molecule has 28 heavy (non-hydrogen) atoms. The van der Waals surface area contributed by atoms with Crippen LogP contribution in [0, 0.1) is 0 Å². The van der Waals surface area contributed by atoms with Gasteiger partial charge in [-0.3, -0.25) is 10.1 Å². The molecule has 2 aromatic heterocycles. The van der Waals surface area contributed by atoms with Crippen molar-refractivity contribution >= 4 is 17.3 Å². The van der Waals surface area contributed by atoms with E-state index in [0.717, 1.165) is 35.9 Å². The second-order valence-corrected chi connectivity index (χ2v) is 8.14. The van der Waals surface area contributed by atoms with Crippen molar-refractivity contribution in [3.05, 3.63) is 51.7 Å². The molecular weight excluding hydrogens is 370 g/mol. The highest BCUT2D eigenvalue weighted by atomic mass is 32.1. The lowest BCUT2D eigenvalue weighted by molar-refractivity contribution is 0.474. The first kappa shape index (κ1) is 18.6. The fourth-order valence-corrected chi connectivity index (χ4v) is 4.70. The smallest absolute Gasteiger partial charge is 0.194 e. The lowest BCUT2D eigenvalue weighted by Crippen LogP contribution is -2.38. The zero-order chi connectivity index (χ0) is 19.3. The van der Waals surface area contributed by atoms with Gasteiger partial charge in [0, 0.05) is 31.1 Å². The van der Waals surface area contributed by atoms with Crippen LogP contribution in [0.3, 0.4) is 0 Å². The van der Waals surface area contributed by atoms with Crippen LogP contribution < -0.4 is 5.32 Å². The minimum Gasteiger partial charge on any atom is -0.352 e. The number of hydrogen-bond acceptors (Lipinski definition) is 5. The van der Waals surface area contributed by atoms with Crippen LogP contribution in [0.25, 0.3) is 11.4 Å². The molecule has 3 aromatic rings. The number of fused-ring (bicyclic) bond motifs is 1. The van der Waals surface area contributed by atoms with Crippen LogP contribution in [0.15, 0.2) is 35.6 Å². The summed E-state index contributed by atoms with van der Waals surface area (Å²) in [4.78, 5) is 17.1. The number of hydrogen-bond donors (Lipinski definition) is 2. The van der Waals surface area contributed by atoms with Gasteiger partial charge in [-0.1, -0.05) is 18.2 Å². The SMILES string of the molecule is CN=C(NCc1cccc(-c2ncn[nH]2)c1)N(C)Cc1nc2c(s1)CCCC2. The molecule has 4 rings (SSSR count). The average Bonchev–Trinajstić information content (AvgIpc) is 3.38. The van der Waals surface area contributed by atoms with E-state index in [0.29, 0.717) is 6.54 Å². The summed E-state index contributed by atoms with van der Waals surface area (Å²) in [5, 5.41) is 11.4. The molecule has 8 heteroatoms. The van der Waals surface area contributed by atoms with E-state index in [4.69, 9.17) is 4.98 Å². The maximum Gasteiger partial charge on any atom is 0.194 e. The topological polar surface area (TPSA) is 82.1 Å². The molecule has 0 saturated carbocycles. The van der Waals surface area contributed by atoms with E-state index in [1.54, 1.807) is 0 Å². The molecule has 0 aliphatic heterocycles. The molecule has 1 aliphatic carbocycles. The first-order chi connectivity index (χ1) is 13.7. The van der Waals surface area contributed by atoms with E-state index in [1.165, 1.54) is 41.2 Å². The molecule has 0 fully saturated rings. The first-order valence-corrected chi connectivity index (χ1v) is 10.4. The Kier molecular flexibility index (Phi) is 5.66. The summed E-state index contributed by atoms with van der Waals surface area (Å²) in [5.41, 5.74) is 3.49. The molecule has 1 aliphatic rings. The van der Waals surface area contributed by atoms with Crippen molar-refractivity contribution in [3.8, 4) is 11.4 Å². The quantitative estimate of drug-likeness (QED) is 0.513. The number of H-pyrrole nitrogens is 1. The highest BCUT2D eigenvalue weighted by Crippen LogP contribution is 2.27. The summed E-state index contributed by atoms with van der Waals surface area (Å²) < 4.78 is 0. The van der Waals surface area contributed by atoms with E-state index in [1.807, 2.05) is 30.5 Å². The van der Waals surface area contributed by atoms with Crippen LogP contribution in [0.1, 0.15) is 34.0 Å². The fraction of sp³-hybridized carbons (Fsp3) is 0.400. The highest BCUT2D eigenvalue weighted by Gasteiger charge is 2.17. The number of benzene rings is 1. The van der Waals surface area contributed by atoms with E-state index >= 15 is 0 Å². The zero-order valence-corrected chi connectivity index (χ0v) is 17.1. The lowest BCUT2D eigenvalue weighted by atomic mass is 10.0. The fourth-order valence-electron chi connectivity index (χ4n) is 3.49. The van der Waals surface area contributed by atoms with Gasteiger partial charge in [-0.05, 0) is 37.3 Å². The molecule has 7 nitrogen and oxygen atoms in total. The van der Waals surface area contributed by atoms with Gasteiger partial charge in [0.25, 0.3) is 0 Å². The van der Waals surface area contributed by atoms with E-state index < -0.39 is 0 Å². The highest BCUT2D eigenvalue weighted by molar-refractivity contribution is 7.11. The number of aliphatic imine (C=N–C) groups is 1. The number of aromatic nitrogens is 4. The van der Waals surface area contributed by atoms with Gasteiger partial charge in [-0.15, -0.1) is 11.3 Å². The normalized spacial score (nSPS) is 14.0. The van der Waals surface area contributed by atoms with Gasteiger partial charge in [0.15, 0.2) is 11.8 Å². The van der Waals surface area contributed by atoms with Crippen molar-refractivity contribution < 1.29 is 0 Å². The van der Waals surface area contributed by atoms with Gasteiger partial charge in [0.2, 0.25) is 0 Å². The minimum absolute atomic E-state index is 0.688. The summed E-state index contributed by atoms with van der Waals surface area (Å²) in [5.74, 6) is 1.63. The number of nitrogens with zero attached hydrogens (tertiary/aromatic N) is 5. The third kappa shape index (κ3) is 4.22. The summed E-state index contributed by atoms with van der Waals surface area (Å²) in [7, 11) is 3.87. The second-order valence-electron chi connectivity index (χ2n) is 6.98. The summed E-state index contributed by atoms with van der Waals surface area (Å²) in [6.45, 7) is 1.46. The Morgan fingerprint density at radius 3 is 3.00 bits per heavy atom. The average molecular weight is 396 g/mol. The third-order valence-electron chi connectivity index (χ3n) is 4.90. The van der Waals surface area contributed by atoms with Gasteiger partial charge >= 0.3 is 0 Å². The number of thiazole rings is 1. The predicted molar refractivity (Wildman–Crippen MR) is 112 cm³/mol. The predicted octanol–water partition coefficient (Wildman–Crippen LogP) is 3.01. The van der Waals surface area contributed by atoms with E-state index in [-0.39, 0.29) is 0 Å². The van der Waals surface area contributed by atoms with Crippen molar-refractivity contribution in [2.24, 2.45) is 4.99 Å². The van der Waals surface area contributed by atoms with Crippen molar-refractivity contribution in [2.45, 2.75) is 38.8 Å². The number of aryl methyl sites for hydroxylation is 2. The lowest BCUT2D eigenvalue weighted by Gasteiger charge is -2.21. The minimum atomic E-state index is 0.688. The van der Waals surface area contributed by atoms with E-state index in [2.05, 4.69) is 49.6 Å². The Balaban J connectivity index is 1.38. The molecule has 2 heterocycles. The van der Waals surface area contributed by atoms with Crippen molar-refractivity contribution in [2.75, 3.05) is 14.1 Å². The number of guanidine groups is 1. The molecule has 0 radical (unpaired) electrons. The Morgan fingerprint density at radius 2 is 2.21 bits per heavy atom. The Labute approximate surface area is 169 Å². The maximum absolute atomic E-state index is 4.84. The van der Waals surface area contributed by atoms with Gasteiger partial charge < -0.3 is 10.2 Å². The first-order valence-electron chi connectivity index (χ1n) is 9.57. The number of nitrogens with one attached hydrogen (secondary N) is 2. The van der Waals surface area contributed by atoms with Gasteiger partial charge in [-0.2, -0.15) is 5.10 Å². The van der Waals surface area contributed by atoms with Crippen LogP contribution in [-0.4, -0.2) is 45.1 Å². The monoisotopic (exact) mass is 395 g/mol. The molecule has 2 N–H and O–H groups in total. The van der Waals surface area contributed by atoms with Crippen LogP contribution in [0.5, 0.6) is 0 Å². The largest absolute Gasteiger partial charge is 0.352 e. The number of aromatic amines is 1. The van der Waals surface area contributed by atoms with Crippen LogP contribution in [0.2, 0.25) is 0 Å². The maximum atomic E-state index is 4.84. The molecule has 1 aromatic carbocycles. The van der Waals surface area contributed by atoms with Gasteiger partial charge in [0.05, 0.1) is 12.2 Å². The molecule has 0 saturated heterocycles. The van der Waals surface area contributed by atoms with Crippen LogP contribution in [0.4, 0.5) is 0 Å². The van der Waals surface area contributed by atoms with Crippen molar-refractivity contribution in [3.63, 3.8) is 0 Å². The van der Waals surface area contributed by atoms with Gasteiger partial charge in [-0.25, -0.2) is 9.97 Å². The number of rotatable bonds is 5. The molecular formula is C20H25N7S. The Hall–Kier alpha value is -2.74. The standard InChI is InChI=1S/C20H25N7S/c1-21-20(27(2)12-18-25-16-8-3-4-9-17(16)28-18)22-11-14-6-5-7-15(10-14)19-23-13-24-26-19/h5-7,10,13H,3-4,8-9,11-12H2,1-2H3,(H,21,22)(H,23,24,26). The molecule has 0 atom stereocenters. The zero-order valence-electron chi connectivity index (χ0n) is 16.3. The molecule has 0 bridgehead atoms. The summed E-state index contributed by atoms with van der Waals surface area (Å²) in [6, 6.07) is 8.25. The molecule has 0 spiro atoms. The molecule has 0 amide bonds. The van der Waals surface area contributed by atoms with Crippen LogP contribution >= 0.6 is 11.3 Å². The summed E-state index contributed by atoms with van der Waals surface area (Å²) >= 11 is 1.85.